The Bertz CT molecular complexity index is 8670. The predicted molar refractivity (Wildman–Crippen MR) is 607 cm³/mol. The molecule has 25 aromatic rings. The molecule has 0 unspecified atom stereocenters. The molecular weight excluding hydrogens is 1770 g/mol. The first-order valence-electron chi connectivity index (χ1n) is 50.3. The molecule has 1 spiro atoms. The van der Waals surface area contributed by atoms with Gasteiger partial charge in [0.05, 0.1) is 38.9 Å². The number of aromatic nitrogens is 2. The SMILES string of the molecule is c1ccc(-c2cc(-c3ccccc3)c(N3c4cc(-n5c6cc(-c7ccccc7)ccc6c6ccc(-c7ccccc7)cc65)ccc4B4c5ccc(-n6c7cc(-c8ccccc8)ccc7c7ccc(-c8ccccc8)cc76)cc5N(c5c(-c6ccccc6)cc(-c6ccccc6)cc5-c5ccccc5)c5cc(-c6ccc7c(c6)C6(c8ccccc8Oc8ccccc86)c6ccccc6O7)cc3c54)c(-c3ccccc3)c2)cc1. The molecule has 4 aliphatic heterocycles. The maximum Gasteiger partial charge on any atom is 0.252 e. The number of nitrogens with zero attached hydrogens (tertiary/aromatic N) is 4. The summed E-state index contributed by atoms with van der Waals surface area (Å²) in [6.45, 7) is -0.463. The number of hydrogen-bond donors (Lipinski definition) is 0. The van der Waals surface area contributed by atoms with Crippen molar-refractivity contribution in [3.05, 3.63) is 562 Å². The molecule has 4 aliphatic rings. The molecule has 6 nitrogen and oxygen atoms in total. The molecule has 2 aromatic heterocycles. The zero-order valence-electron chi connectivity index (χ0n) is 79.6. The van der Waals surface area contributed by atoms with E-state index in [9.17, 15) is 0 Å². The smallest absolute Gasteiger partial charge is 0.252 e. The molecule has 29 rings (SSSR count). The van der Waals surface area contributed by atoms with Gasteiger partial charge in [0.15, 0.2) is 0 Å². The van der Waals surface area contributed by atoms with Crippen molar-refractivity contribution >= 4 is 101 Å². The van der Waals surface area contributed by atoms with Crippen LogP contribution in [0.1, 0.15) is 22.3 Å². The van der Waals surface area contributed by atoms with E-state index in [-0.39, 0.29) is 0 Å². The van der Waals surface area contributed by atoms with Crippen LogP contribution in [0.15, 0.2) is 540 Å². The van der Waals surface area contributed by atoms with E-state index in [1.165, 1.54) is 0 Å². The Morgan fingerprint density at radius 1 is 0.171 bits per heavy atom. The van der Waals surface area contributed by atoms with E-state index in [2.05, 4.69) is 559 Å². The van der Waals surface area contributed by atoms with Crippen molar-refractivity contribution in [1.82, 2.24) is 9.13 Å². The average Bonchev–Trinajstić information content (AvgIpc) is 1.12. The Labute approximate surface area is 847 Å². The summed E-state index contributed by atoms with van der Waals surface area (Å²) < 4.78 is 19.7. The fourth-order valence-electron chi connectivity index (χ4n) is 24.2. The highest BCUT2D eigenvalue weighted by Crippen LogP contribution is 2.64. The molecule has 146 heavy (non-hydrogen) atoms. The van der Waals surface area contributed by atoms with Gasteiger partial charge in [-0.1, -0.05) is 425 Å². The lowest BCUT2D eigenvalue weighted by Crippen LogP contribution is -2.61. The standard InChI is InChI=1S/C139H89BN4O2/c1-11-37-90(38-12-1)101-63-70-110-111-71-64-102(91-39-13-2-14-40-91)83-125(111)141(124(110)82-101)108-68-74-122-128(88-108)143(137-114(96-49-23-7-24-50-96)77-105(94-45-19-5-20-46-94)78-115(137)97-51-25-8-26-52-97)130-86-107(100-67-76-135-121(81-100)139(120-59-33-36-62-134(120)146-135)118-57-31-34-60-132(118)145-133-61-35-32-58-119(133)139)87-131-136(130)140(122)123-75-69-109(142-126-84-103(92-41-15-3-16-42-92)65-72-112(126)113-73-66-104(85-127(113)142)93-43-17-4-18-44-93)89-129(123)144(131)138-116(98-53-27-9-28-54-98)79-106(95-47-21-6-22-48-95)80-117(138)99-55-29-10-30-56-99/h1-89H. The van der Waals surface area contributed by atoms with E-state index in [0.717, 1.165) is 273 Å². The van der Waals surface area contributed by atoms with Gasteiger partial charge in [0.2, 0.25) is 0 Å². The number of benzene rings is 23. The van der Waals surface area contributed by atoms with E-state index in [0.29, 0.717) is 0 Å². The number of ether oxygens (including phenoxy) is 2. The fourth-order valence-corrected chi connectivity index (χ4v) is 24.2. The molecule has 0 saturated heterocycles. The van der Waals surface area contributed by atoms with E-state index >= 15 is 0 Å². The summed E-state index contributed by atoms with van der Waals surface area (Å²) in [5.41, 5.74) is 43.0. The second kappa shape index (κ2) is 34.1. The van der Waals surface area contributed by atoms with Crippen LogP contribution in [-0.2, 0) is 5.41 Å². The normalized spacial score (nSPS) is 12.8. The number of para-hydroxylation sites is 3. The Morgan fingerprint density at radius 2 is 0.418 bits per heavy atom. The highest BCUT2D eigenvalue weighted by Gasteiger charge is 2.52. The van der Waals surface area contributed by atoms with Gasteiger partial charge in [-0.3, -0.25) is 0 Å². The van der Waals surface area contributed by atoms with E-state index in [4.69, 9.17) is 9.47 Å². The first-order chi connectivity index (χ1) is 72.4. The summed E-state index contributed by atoms with van der Waals surface area (Å²) in [7, 11) is 0. The molecule has 23 aromatic carbocycles. The number of rotatable bonds is 15. The first kappa shape index (κ1) is 83.9. The maximum atomic E-state index is 7.46. The number of fused-ring (bicyclic) bond motifs is 18. The first-order valence-corrected chi connectivity index (χ1v) is 50.3. The van der Waals surface area contributed by atoms with Gasteiger partial charge in [0.25, 0.3) is 6.71 Å². The molecule has 0 bridgehead atoms. The Morgan fingerprint density at radius 3 is 0.719 bits per heavy atom. The van der Waals surface area contributed by atoms with E-state index in [1.807, 2.05) is 0 Å². The molecular formula is C139H89BN4O2. The molecule has 680 valence electrons. The minimum Gasteiger partial charge on any atom is -0.457 e. The highest BCUT2D eigenvalue weighted by molar-refractivity contribution is 7.00. The lowest BCUT2D eigenvalue weighted by molar-refractivity contribution is 0.399. The zero-order chi connectivity index (χ0) is 96.0. The molecule has 0 atom stereocenters. The summed E-state index contributed by atoms with van der Waals surface area (Å²) >= 11 is 0. The quantitative estimate of drug-likeness (QED) is 0.0958. The molecule has 6 heterocycles. The van der Waals surface area contributed by atoms with Crippen LogP contribution in [0.25, 0.3) is 177 Å². The molecule has 0 radical (unpaired) electrons. The Kier molecular flexibility index (Phi) is 19.6. The third-order valence-corrected chi connectivity index (χ3v) is 30.8. The molecule has 0 N–H and O–H groups in total. The summed E-state index contributed by atoms with van der Waals surface area (Å²) in [6, 6.07) is 202. The Balaban J connectivity index is 0.806. The van der Waals surface area contributed by atoms with Gasteiger partial charge < -0.3 is 28.4 Å². The Hall–Kier alpha value is -19.1. The second-order valence-corrected chi connectivity index (χ2v) is 38.8. The van der Waals surface area contributed by atoms with Gasteiger partial charge in [0, 0.05) is 100 Å². The number of anilines is 6. The minimum atomic E-state index is -0.944. The van der Waals surface area contributed by atoms with Gasteiger partial charge in [-0.05, 0) is 232 Å². The van der Waals surface area contributed by atoms with Crippen molar-refractivity contribution in [2.24, 2.45) is 0 Å². The van der Waals surface area contributed by atoms with Crippen molar-refractivity contribution in [3.63, 3.8) is 0 Å². The fraction of sp³-hybridized carbons (Fsp3) is 0.00719. The van der Waals surface area contributed by atoms with Crippen molar-refractivity contribution in [3.8, 4) is 157 Å². The predicted octanol–water partition coefficient (Wildman–Crippen LogP) is 34.9. The second-order valence-electron chi connectivity index (χ2n) is 38.8. The van der Waals surface area contributed by atoms with E-state index < -0.39 is 12.1 Å². The van der Waals surface area contributed by atoms with Gasteiger partial charge in [-0.2, -0.15) is 0 Å². The maximum absolute atomic E-state index is 7.46. The summed E-state index contributed by atoms with van der Waals surface area (Å²) in [5, 5.41) is 4.63. The lowest BCUT2D eigenvalue weighted by atomic mass is 9.33. The minimum absolute atomic E-state index is 0.463. The molecule has 0 aliphatic carbocycles. The zero-order valence-corrected chi connectivity index (χ0v) is 79.6. The topological polar surface area (TPSA) is 34.8 Å². The third kappa shape index (κ3) is 13.5. The number of hydrogen-bond acceptors (Lipinski definition) is 4. The van der Waals surface area contributed by atoms with Crippen LogP contribution in [0.2, 0.25) is 0 Å². The third-order valence-electron chi connectivity index (χ3n) is 30.8. The monoisotopic (exact) mass is 1860 g/mol. The summed E-state index contributed by atoms with van der Waals surface area (Å²) in [6.07, 6.45) is 0. The molecule has 0 amide bonds. The van der Waals surface area contributed by atoms with Gasteiger partial charge in [0.1, 0.15) is 23.0 Å². The van der Waals surface area contributed by atoms with Crippen molar-refractivity contribution < 1.29 is 9.47 Å². The summed E-state index contributed by atoms with van der Waals surface area (Å²) in [5.74, 6) is 3.13. The van der Waals surface area contributed by atoms with Crippen molar-refractivity contribution in [2.75, 3.05) is 9.80 Å². The van der Waals surface area contributed by atoms with Gasteiger partial charge in [-0.15, -0.1) is 0 Å². The molecule has 0 fully saturated rings. The van der Waals surface area contributed by atoms with Crippen molar-refractivity contribution in [2.45, 2.75) is 5.41 Å². The van der Waals surface area contributed by atoms with Crippen LogP contribution in [-0.4, -0.2) is 15.8 Å². The van der Waals surface area contributed by atoms with Crippen LogP contribution in [0.3, 0.4) is 0 Å². The highest BCUT2D eigenvalue weighted by atomic mass is 16.5. The van der Waals surface area contributed by atoms with Crippen LogP contribution in [0.5, 0.6) is 23.0 Å². The molecule has 7 heteroatoms. The van der Waals surface area contributed by atoms with Crippen molar-refractivity contribution in [1.29, 1.82) is 0 Å². The van der Waals surface area contributed by atoms with E-state index in [1.54, 1.807) is 0 Å². The van der Waals surface area contributed by atoms with Gasteiger partial charge in [-0.25, -0.2) is 0 Å². The van der Waals surface area contributed by atoms with Gasteiger partial charge >= 0.3 is 0 Å². The van der Waals surface area contributed by atoms with Crippen LogP contribution >= 0.6 is 0 Å². The van der Waals surface area contributed by atoms with Crippen LogP contribution in [0, 0.1) is 0 Å². The van der Waals surface area contributed by atoms with Crippen LogP contribution < -0.4 is 35.7 Å². The largest absolute Gasteiger partial charge is 0.457 e. The lowest BCUT2D eigenvalue weighted by Gasteiger charge is -2.46. The molecule has 0 saturated carbocycles. The summed E-state index contributed by atoms with van der Waals surface area (Å²) in [4.78, 5) is 5.47. The average molecular weight is 1860 g/mol. The van der Waals surface area contributed by atoms with Crippen LogP contribution in [0.4, 0.5) is 34.1 Å².